The van der Waals surface area contributed by atoms with E-state index in [-0.39, 0.29) is 0 Å². The fourth-order valence-electron chi connectivity index (χ4n) is 2.74. The van der Waals surface area contributed by atoms with Crippen LogP contribution < -0.4 is 4.74 Å². The molecule has 0 aliphatic heterocycles. The summed E-state index contributed by atoms with van der Waals surface area (Å²) in [4.78, 5) is 4.57. The third-order valence-electron chi connectivity index (χ3n) is 3.78. The topological polar surface area (TPSA) is 26.5 Å². The second-order valence-electron chi connectivity index (χ2n) is 5.42. The quantitative estimate of drug-likeness (QED) is 0.559. The molecule has 22 heavy (non-hydrogen) atoms. The van der Waals surface area contributed by atoms with Crippen LogP contribution in [0.2, 0.25) is 0 Å². The molecule has 4 rings (SSSR count). The lowest BCUT2D eigenvalue weighted by Gasteiger charge is -2.09. The average Bonchev–Trinajstić information content (AvgIpc) is 2.92. The lowest BCUT2D eigenvalue weighted by atomic mass is 10.2. The van der Waals surface area contributed by atoms with Gasteiger partial charge >= 0.3 is 0 Å². The number of fused-ring (bicyclic) bond motifs is 3. The second-order valence-corrected chi connectivity index (χ2v) is 5.42. The molecule has 0 aliphatic rings. The summed E-state index contributed by atoms with van der Waals surface area (Å²) in [5.41, 5.74) is 4.26. The molecule has 0 saturated heterocycles. The number of rotatable bonds is 3. The first-order valence-electron chi connectivity index (χ1n) is 7.35. The summed E-state index contributed by atoms with van der Waals surface area (Å²) in [6.45, 7) is 2.51. The molecule has 0 spiro atoms. The van der Waals surface area contributed by atoms with Gasteiger partial charge in [-0.05, 0) is 24.6 Å². The van der Waals surface area contributed by atoms with Gasteiger partial charge in [0, 0.05) is 11.6 Å². The number of hydrogen-bond acceptors (Lipinski definition) is 2. The van der Waals surface area contributed by atoms with Gasteiger partial charge in [0.05, 0.1) is 11.2 Å². The Morgan fingerprint density at radius 1 is 0.955 bits per heavy atom. The number of ether oxygens (including phenoxy) is 1. The zero-order chi connectivity index (χ0) is 14.9. The van der Waals surface area contributed by atoms with E-state index >= 15 is 0 Å². The molecule has 0 amide bonds. The molecule has 0 bridgehead atoms. The molecule has 0 aliphatic carbocycles. The Kier molecular flexibility index (Phi) is 3.04. The van der Waals surface area contributed by atoms with Crippen LogP contribution in [0, 0.1) is 6.92 Å². The van der Waals surface area contributed by atoms with Crippen molar-refractivity contribution in [3.05, 3.63) is 78.1 Å². The lowest BCUT2D eigenvalue weighted by molar-refractivity contribution is 0.296. The van der Waals surface area contributed by atoms with Crippen molar-refractivity contribution >= 4 is 16.4 Å². The highest BCUT2D eigenvalue weighted by molar-refractivity contribution is 5.88. The van der Waals surface area contributed by atoms with Gasteiger partial charge in [-0.2, -0.15) is 0 Å². The third kappa shape index (κ3) is 2.21. The van der Waals surface area contributed by atoms with E-state index in [4.69, 9.17) is 4.74 Å². The summed E-state index contributed by atoms with van der Waals surface area (Å²) < 4.78 is 8.13. The van der Waals surface area contributed by atoms with E-state index in [0.29, 0.717) is 12.5 Å². The minimum Gasteiger partial charge on any atom is -0.471 e. The Bertz CT molecular complexity index is 942. The van der Waals surface area contributed by atoms with Crippen LogP contribution in [0.15, 0.2) is 66.9 Å². The number of aryl methyl sites for hydroxylation is 1. The first kappa shape index (κ1) is 12.9. The summed E-state index contributed by atoms with van der Waals surface area (Å²) >= 11 is 0. The molecule has 3 nitrogen and oxygen atoms in total. The van der Waals surface area contributed by atoms with Gasteiger partial charge in [0.1, 0.15) is 12.1 Å². The maximum atomic E-state index is 5.98. The lowest BCUT2D eigenvalue weighted by Crippen LogP contribution is -2.01. The zero-order valence-electron chi connectivity index (χ0n) is 12.4. The van der Waals surface area contributed by atoms with Gasteiger partial charge in [-0.25, -0.2) is 4.98 Å². The minimum absolute atomic E-state index is 0.522. The van der Waals surface area contributed by atoms with Crippen molar-refractivity contribution in [1.29, 1.82) is 0 Å². The molecule has 2 aromatic carbocycles. The van der Waals surface area contributed by atoms with E-state index in [0.717, 1.165) is 16.8 Å². The molecule has 3 heteroatoms. The summed E-state index contributed by atoms with van der Waals surface area (Å²) in [6.07, 6.45) is 2.05. The van der Waals surface area contributed by atoms with E-state index < -0.39 is 0 Å². The second kappa shape index (κ2) is 5.19. The van der Waals surface area contributed by atoms with Crippen LogP contribution in [0.25, 0.3) is 16.4 Å². The van der Waals surface area contributed by atoms with Gasteiger partial charge in [-0.15, -0.1) is 0 Å². The van der Waals surface area contributed by atoms with Crippen molar-refractivity contribution in [3.8, 4) is 5.88 Å². The van der Waals surface area contributed by atoms with Crippen molar-refractivity contribution in [2.24, 2.45) is 0 Å². The van der Waals surface area contributed by atoms with E-state index in [1.165, 1.54) is 10.9 Å². The van der Waals surface area contributed by atoms with Gasteiger partial charge in [0.2, 0.25) is 5.88 Å². The largest absolute Gasteiger partial charge is 0.471 e. The van der Waals surface area contributed by atoms with Crippen LogP contribution in [0.3, 0.4) is 0 Å². The SMILES string of the molecule is Cc1cn2c(cc3ccccc32)c(OCc2ccccc2)n1. The number of hydrogen-bond donors (Lipinski definition) is 0. The molecule has 0 fully saturated rings. The minimum atomic E-state index is 0.522. The van der Waals surface area contributed by atoms with Crippen LogP contribution in [-0.2, 0) is 6.61 Å². The molecule has 4 aromatic rings. The van der Waals surface area contributed by atoms with Crippen LogP contribution in [0.5, 0.6) is 5.88 Å². The van der Waals surface area contributed by atoms with Gasteiger partial charge in [-0.3, -0.25) is 0 Å². The molecule has 0 N–H and O–H groups in total. The van der Waals surface area contributed by atoms with E-state index in [1.54, 1.807) is 0 Å². The Morgan fingerprint density at radius 2 is 1.73 bits per heavy atom. The normalized spacial score (nSPS) is 11.1. The molecule has 2 aromatic heterocycles. The predicted molar refractivity (Wildman–Crippen MR) is 88.2 cm³/mol. The maximum Gasteiger partial charge on any atom is 0.238 e. The van der Waals surface area contributed by atoms with Crippen LogP contribution in [0.4, 0.5) is 0 Å². The van der Waals surface area contributed by atoms with Gasteiger partial charge in [-0.1, -0.05) is 48.5 Å². The van der Waals surface area contributed by atoms with Crippen LogP contribution in [-0.4, -0.2) is 9.38 Å². The maximum absolute atomic E-state index is 5.98. The summed E-state index contributed by atoms with van der Waals surface area (Å²) in [5, 5.41) is 1.19. The summed E-state index contributed by atoms with van der Waals surface area (Å²) in [7, 11) is 0. The summed E-state index contributed by atoms with van der Waals surface area (Å²) in [5.74, 6) is 0.681. The van der Waals surface area contributed by atoms with Crippen molar-refractivity contribution < 1.29 is 4.74 Å². The Labute approximate surface area is 128 Å². The fourth-order valence-corrected chi connectivity index (χ4v) is 2.74. The highest BCUT2D eigenvalue weighted by Gasteiger charge is 2.10. The fraction of sp³-hybridized carbons (Fsp3) is 0.105. The highest BCUT2D eigenvalue weighted by atomic mass is 16.5. The third-order valence-corrected chi connectivity index (χ3v) is 3.78. The standard InChI is InChI=1S/C19H16N2O/c1-14-12-21-17-10-6-5-9-16(17)11-18(21)19(20-14)22-13-15-7-3-2-4-8-15/h2-12H,13H2,1H3. The molecular formula is C19H16N2O. The van der Waals surface area contributed by atoms with Gasteiger partial charge in [0.25, 0.3) is 0 Å². The van der Waals surface area contributed by atoms with E-state index in [1.807, 2.05) is 37.4 Å². The van der Waals surface area contributed by atoms with E-state index in [9.17, 15) is 0 Å². The summed E-state index contributed by atoms with van der Waals surface area (Å²) in [6, 6.07) is 20.6. The van der Waals surface area contributed by atoms with Crippen LogP contribution >= 0.6 is 0 Å². The number of nitrogens with zero attached hydrogens (tertiary/aromatic N) is 2. The van der Waals surface area contributed by atoms with Gasteiger partial charge < -0.3 is 9.14 Å². The van der Waals surface area contributed by atoms with Crippen molar-refractivity contribution in [1.82, 2.24) is 9.38 Å². The molecule has 0 atom stereocenters. The number of benzene rings is 2. The number of aromatic nitrogens is 2. The first-order valence-corrected chi connectivity index (χ1v) is 7.35. The van der Waals surface area contributed by atoms with Crippen molar-refractivity contribution in [2.75, 3.05) is 0 Å². The van der Waals surface area contributed by atoms with E-state index in [2.05, 4.69) is 45.8 Å². The smallest absolute Gasteiger partial charge is 0.238 e. The molecule has 2 heterocycles. The Morgan fingerprint density at radius 3 is 2.59 bits per heavy atom. The molecule has 0 unspecified atom stereocenters. The molecule has 108 valence electrons. The Balaban J connectivity index is 1.79. The van der Waals surface area contributed by atoms with Crippen LogP contribution in [0.1, 0.15) is 11.3 Å². The average molecular weight is 288 g/mol. The molecule has 0 saturated carbocycles. The monoisotopic (exact) mass is 288 g/mol. The number of para-hydroxylation sites is 1. The Hall–Kier alpha value is -2.81. The van der Waals surface area contributed by atoms with Crippen molar-refractivity contribution in [3.63, 3.8) is 0 Å². The zero-order valence-corrected chi connectivity index (χ0v) is 12.4. The predicted octanol–water partition coefficient (Wildman–Crippen LogP) is 4.37. The first-order chi connectivity index (χ1) is 10.8. The molecular weight excluding hydrogens is 272 g/mol. The van der Waals surface area contributed by atoms with Crippen molar-refractivity contribution in [2.45, 2.75) is 13.5 Å². The van der Waals surface area contributed by atoms with Gasteiger partial charge in [0.15, 0.2) is 0 Å². The molecule has 0 radical (unpaired) electrons. The highest BCUT2D eigenvalue weighted by Crippen LogP contribution is 2.26.